The highest BCUT2D eigenvalue weighted by Gasteiger charge is 2.13. The van der Waals surface area contributed by atoms with Crippen LogP contribution in [-0.4, -0.2) is 31.6 Å². The molecular formula is C20H18N6OS. The van der Waals surface area contributed by atoms with Crippen LogP contribution >= 0.6 is 11.3 Å². The van der Waals surface area contributed by atoms with Crippen molar-refractivity contribution in [2.75, 3.05) is 7.11 Å². The monoisotopic (exact) mass is 390 g/mol. The maximum Gasteiger partial charge on any atom is 0.215 e. The smallest absolute Gasteiger partial charge is 0.215 e. The third-order valence-electron chi connectivity index (χ3n) is 4.64. The number of aryl methyl sites for hydroxylation is 1. The first-order valence-corrected chi connectivity index (χ1v) is 9.59. The second-order valence-electron chi connectivity index (χ2n) is 6.39. The Kier molecular flexibility index (Phi) is 4.67. The number of fused-ring (bicyclic) bond motifs is 1. The van der Waals surface area contributed by atoms with Gasteiger partial charge in [-0.2, -0.15) is 5.26 Å². The first-order valence-electron chi connectivity index (χ1n) is 8.64. The minimum Gasteiger partial charge on any atom is -0.481 e. The van der Waals surface area contributed by atoms with Crippen molar-refractivity contribution in [2.45, 2.75) is 20.4 Å². The molecule has 4 heterocycles. The predicted molar refractivity (Wildman–Crippen MR) is 109 cm³/mol. The second-order valence-corrected chi connectivity index (χ2v) is 7.11. The van der Waals surface area contributed by atoms with E-state index in [0.29, 0.717) is 29.3 Å². The van der Waals surface area contributed by atoms with Crippen LogP contribution in [0, 0.1) is 25.2 Å². The molecule has 4 aromatic heterocycles. The highest BCUT2D eigenvalue weighted by Crippen LogP contribution is 2.24. The van der Waals surface area contributed by atoms with Crippen LogP contribution in [-0.2, 0) is 6.54 Å². The third-order valence-corrected chi connectivity index (χ3v) is 5.28. The van der Waals surface area contributed by atoms with Crippen molar-refractivity contribution in [3.05, 3.63) is 57.7 Å². The van der Waals surface area contributed by atoms with Gasteiger partial charge in [0.1, 0.15) is 11.9 Å². The summed E-state index contributed by atoms with van der Waals surface area (Å²) in [6.07, 6.45) is 3.52. The van der Waals surface area contributed by atoms with Gasteiger partial charge in [-0.1, -0.05) is 0 Å². The van der Waals surface area contributed by atoms with Crippen molar-refractivity contribution in [3.63, 3.8) is 0 Å². The molecule has 0 unspecified atom stereocenters. The van der Waals surface area contributed by atoms with E-state index in [-0.39, 0.29) is 0 Å². The topological polar surface area (TPSA) is 92.4 Å². The van der Waals surface area contributed by atoms with Gasteiger partial charge in [0.15, 0.2) is 0 Å². The largest absolute Gasteiger partial charge is 0.481 e. The first-order chi connectivity index (χ1) is 13.6. The molecule has 1 N–H and O–H groups in total. The quantitative estimate of drug-likeness (QED) is 0.521. The van der Waals surface area contributed by atoms with Crippen molar-refractivity contribution in [1.29, 1.82) is 5.26 Å². The Hall–Kier alpha value is -3.44. The highest BCUT2D eigenvalue weighted by molar-refractivity contribution is 7.07. The molecule has 0 aliphatic rings. The molecule has 4 rings (SSSR count). The molecule has 28 heavy (non-hydrogen) atoms. The number of nitriles is 1. The Bertz CT molecular complexity index is 1210. The lowest BCUT2D eigenvalue weighted by molar-refractivity contribution is 0.398. The molecular weight excluding hydrogens is 372 g/mol. The van der Waals surface area contributed by atoms with Crippen molar-refractivity contribution < 1.29 is 4.74 Å². The average molecular weight is 390 g/mol. The summed E-state index contributed by atoms with van der Waals surface area (Å²) < 4.78 is 7.33. The summed E-state index contributed by atoms with van der Waals surface area (Å²) in [4.78, 5) is 16.2. The normalized spacial score (nSPS) is 11.7. The summed E-state index contributed by atoms with van der Waals surface area (Å²) in [5.41, 5.74) is 7.98. The summed E-state index contributed by atoms with van der Waals surface area (Å²) in [5, 5.41) is 11.8. The number of nitrogens with zero attached hydrogens (tertiary/aromatic N) is 5. The molecule has 0 atom stereocenters. The summed E-state index contributed by atoms with van der Waals surface area (Å²) in [7, 11) is 1.56. The molecule has 7 nitrogen and oxygen atoms in total. The van der Waals surface area contributed by atoms with Gasteiger partial charge in [-0.05, 0) is 31.6 Å². The van der Waals surface area contributed by atoms with E-state index in [4.69, 9.17) is 4.74 Å². The number of nitrogens with one attached hydrogen (secondary N) is 1. The number of methoxy groups -OCH3 is 1. The first kappa shape index (κ1) is 17.9. The minimum absolute atomic E-state index is 0.462. The zero-order valence-corrected chi connectivity index (χ0v) is 16.5. The highest BCUT2D eigenvalue weighted by atomic mass is 32.1. The number of imidazole rings is 1. The Balaban J connectivity index is 1.72. The van der Waals surface area contributed by atoms with Gasteiger partial charge in [-0.15, -0.1) is 11.3 Å². The van der Waals surface area contributed by atoms with Crippen molar-refractivity contribution >= 4 is 34.0 Å². The lowest BCUT2D eigenvalue weighted by atomic mass is 10.1. The number of ether oxygens (including phenoxy) is 1. The molecule has 0 aliphatic carbocycles. The number of hydrogen-bond donors (Lipinski definition) is 1. The molecule has 0 fully saturated rings. The predicted octanol–water partition coefficient (Wildman–Crippen LogP) is 3.95. The molecule has 0 spiro atoms. The number of rotatable bonds is 5. The molecule has 140 valence electrons. The van der Waals surface area contributed by atoms with Gasteiger partial charge in [0.25, 0.3) is 0 Å². The van der Waals surface area contributed by atoms with Crippen LogP contribution in [0.25, 0.3) is 22.7 Å². The van der Waals surface area contributed by atoms with Gasteiger partial charge in [0.2, 0.25) is 5.88 Å². The van der Waals surface area contributed by atoms with E-state index in [0.717, 1.165) is 28.2 Å². The van der Waals surface area contributed by atoms with E-state index >= 15 is 0 Å². The fourth-order valence-corrected chi connectivity index (χ4v) is 3.68. The zero-order chi connectivity index (χ0) is 19.7. The number of hydrogen-bond acceptors (Lipinski definition) is 6. The zero-order valence-electron chi connectivity index (χ0n) is 15.7. The van der Waals surface area contributed by atoms with Gasteiger partial charge in [0.05, 0.1) is 47.7 Å². The van der Waals surface area contributed by atoms with Crippen LogP contribution in [0.3, 0.4) is 0 Å². The fourth-order valence-electron chi connectivity index (χ4n) is 3.13. The van der Waals surface area contributed by atoms with Gasteiger partial charge >= 0.3 is 0 Å². The number of aromatic nitrogens is 5. The standard InChI is InChI=1S/C20H18N6OS/c1-12-4-14(13(2)26(12)9-16-10-28-11-23-16)5-15(7-21)20-24-17-6-19(27-3)22-8-18(17)25-20/h4-6,8,10-11H,9H2,1-3H3,(H,24,25)/b15-5+. The van der Waals surface area contributed by atoms with E-state index in [9.17, 15) is 5.26 Å². The summed E-state index contributed by atoms with van der Waals surface area (Å²) >= 11 is 1.59. The number of aromatic amines is 1. The SMILES string of the molecule is COc1cc2nc(/C(C#N)=C/c3cc(C)n(Cc4cscn4)c3C)[nH]c2cn1. The molecule has 0 bridgehead atoms. The Morgan fingerprint density at radius 2 is 2.21 bits per heavy atom. The molecule has 0 saturated carbocycles. The Labute approximate surface area is 166 Å². The Morgan fingerprint density at radius 1 is 1.36 bits per heavy atom. The van der Waals surface area contributed by atoms with Crippen LogP contribution in [0.4, 0.5) is 0 Å². The van der Waals surface area contributed by atoms with Gasteiger partial charge in [-0.25, -0.2) is 15.0 Å². The van der Waals surface area contributed by atoms with Crippen LogP contribution < -0.4 is 4.74 Å². The number of H-pyrrole nitrogens is 1. The van der Waals surface area contributed by atoms with Crippen molar-refractivity contribution in [1.82, 2.24) is 24.5 Å². The molecule has 0 amide bonds. The molecule has 0 aliphatic heterocycles. The average Bonchev–Trinajstić information content (AvgIpc) is 3.41. The summed E-state index contributed by atoms with van der Waals surface area (Å²) in [5.74, 6) is 0.996. The van der Waals surface area contributed by atoms with E-state index in [1.54, 1.807) is 30.7 Å². The molecule has 0 saturated heterocycles. The molecule has 0 radical (unpaired) electrons. The lowest BCUT2D eigenvalue weighted by Gasteiger charge is -2.07. The maximum atomic E-state index is 9.71. The minimum atomic E-state index is 0.462. The second kappa shape index (κ2) is 7.29. The Morgan fingerprint density at radius 3 is 2.93 bits per heavy atom. The summed E-state index contributed by atoms with van der Waals surface area (Å²) in [6, 6.07) is 6.07. The van der Waals surface area contributed by atoms with Crippen molar-refractivity contribution in [3.8, 4) is 11.9 Å². The van der Waals surface area contributed by atoms with Crippen LogP contribution in [0.1, 0.15) is 28.5 Å². The van der Waals surface area contributed by atoms with Gasteiger partial charge in [-0.3, -0.25) is 0 Å². The van der Waals surface area contributed by atoms with Crippen LogP contribution in [0.5, 0.6) is 5.88 Å². The van der Waals surface area contributed by atoms with E-state index in [2.05, 4.69) is 43.6 Å². The maximum absolute atomic E-state index is 9.71. The molecule has 4 aromatic rings. The van der Waals surface area contributed by atoms with Crippen LogP contribution in [0.2, 0.25) is 0 Å². The van der Waals surface area contributed by atoms with Crippen molar-refractivity contribution in [2.24, 2.45) is 0 Å². The van der Waals surface area contributed by atoms with Gasteiger partial charge in [0, 0.05) is 22.8 Å². The van der Waals surface area contributed by atoms with E-state index < -0.39 is 0 Å². The fraction of sp³-hybridized carbons (Fsp3) is 0.200. The molecule has 8 heteroatoms. The number of pyridine rings is 1. The molecule has 0 aromatic carbocycles. The van der Waals surface area contributed by atoms with Crippen LogP contribution in [0.15, 0.2) is 29.2 Å². The number of thiazole rings is 1. The lowest BCUT2D eigenvalue weighted by Crippen LogP contribution is -2.04. The number of allylic oxidation sites excluding steroid dienone is 1. The third kappa shape index (κ3) is 3.28. The van der Waals surface area contributed by atoms with E-state index in [1.165, 1.54) is 0 Å². The van der Waals surface area contributed by atoms with Gasteiger partial charge < -0.3 is 14.3 Å². The summed E-state index contributed by atoms with van der Waals surface area (Å²) in [6.45, 7) is 4.82. The van der Waals surface area contributed by atoms with E-state index in [1.807, 2.05) is 23.9 Å².